The molecule has 0 saturated carbocycles. The zero-order valence-electron chi connectivity index (χ0n) is 13.2. The van der Waals surface area contributed by atoms with Crippen LogP contribution in [0.25, 0.3) is 21.5 Å². The number of fused-ring (bicyclic) bond motifs is 1. The van der Waals surface area contributed by atoms with Gasteiger partial charge in [-0.25, -0.2) is 9.78 Å². The van der Waals surface area contributed by atoms with Gasteiger partial charge in [0.25, 0.3) is 0 Å². The van der Waals surface area contributed by atoms with Crippen LogP contribution in [0, 0.1) is 0 Å². The van der Waals surface area contributed by atoms with E-state index in [1.54, 1.807) is 19.3 Å². The summed E-state index contributed by atoms with van der Waals surface area (Å²) in [5.41, 5.74) is 2.90. The maximum atomic E-state index is 12.2. The van der Waals surface area contributed by atoms with E-state index in [2.05, 4.69) is 28.8 Å². The molecule has 0 aliphatic rings. The molecule has 0 fully saturated rings. The van der Waals surface area contributed by atoms with Crippen LogP contribution in [0.4, 0.5) is 0 Å². The standard InChI is InChI=1S/C17H17N3O2S/c1-4-22-17(21)14-15(23-16(20-14)10(2)3)11-5-6-12-13(9-11)19-8-7-18-12/h5-10H,4H2,1-3H3. The van der Waals surface area contributed by atoms with Crippen molar-refractivity contribution in [2.45, 2.75) is 26.7 Å². The van der Waals surface area contributed by atoms with Crippen molar-refractivity contribution < 1.29 is 9.53 Å². The molecule has 1 aromatic carbocycles. The first kappa shape index (κ1) is 15.6. The van der Waals surface area contributed by atoms with Crippen LogP contribution in [0.2, 0.25) is 0 Å². The van der Waals surface area contributed by atoms with E-state index in [0.29, 0.717) is 12.3 Å². The SMILES string of the molecule is CCOC(=O)c1nc(C(C)C)sc1-c1ccc2nccnc2c1. The second kappa shape index (κ2) is 6.42. The van der Waals surface area contributed by atoms with Crippen molar-refractivity contribution in [3.05, 3.63) is 41.3 Å². The van der Waals surface area contributed by atoms with Gasteiger partial charge in [0.2, 0.25) is 0 Å². The number of ether oxygens (including phenoxy) is 1. The summed E-state index contributed by atoms with van der Waals surface area (Å²) in [7, 11) is 0. The Labute approximate surface area is 138 Å². The van der Waals surface area contributed by atoms with Gasteiger partial charge >= 0.3 is 5.97 Å². The van der Waals surface area contributed by atoms with E-state index in [0.717, 1.165) is 26.5 Å². The highest BCUT2D eigenvalue weighted by molar-refractivity contribution is 7.15. The summed E-state index contributed by atoms with van der Waals surface area (Å²) in [4.78, 5) is 26.1. The van der Waals surface area contributed by atoms with Gasteiger partial charge in [0.15, 0.2) is 5.69 Å². The van der Waals surface area contributed by atoms with E-state index in [1.807, 2.05) is 18.2 Å². The Morgan fingerprint density at radius 1 is 1.22 bits per heavy atom. The van der Waals surface area contributed by atoms with Gasteiger partial charge in [-0.2, -0.15) is 0 Å². The molecule has 0 aliphatic carbocycles. The van der Waals surface area contributed by atoms with E-state index in [-0.39, 0.29) is 11.9 Å². The van der Waals surface area contributed by atoms with Crippen LogP contribution < -0.4 is 0 Å². The molecule has 0 saturated heterocycles. The predicted octanol–water partition coefficient (Wildman–Crippen LogP) is 4.05. The van der Waals surface area contributed by atoms with Crippen LogP contribution in [0.15, 0.2) is 30.6 Å². The lowest BCUT2D eigenvalue weighted by Crippen LogP contribution is -2.06. The fourth-order valence-corrected chi connectivity index (χ4v) is 3.27. The van der Waals surface area contributed by atoms with E-state index < -0.39 is 0 Å². The van der Waals surface area contributed by atoms with Gasteiger partial charge in [0, 0.05) is 18.3 Å². The molecular weight excluding hydrogens is 310 g/mol. The first-order chi connectivity index (χ1) is 11.1. The number of esters is 1. The fraction of sp³-hybridized carbons (Fsp3) is 0.294. The largest absolute Gasteiger partial charge is 0.461 e. The first-order valence-electron chi connectivity index (χ1n) is 7.49. The fourth-order valence-electron chi connectivity index (χ4n) is 2.22. The molecule has 2 heterocycles. The molecule has 0 atom stereocenters. The predicted molar refractivity (Wildman–Crippen MR) is 90.7 cm³/mol. The quantitative estimate of drug-likeness (QED) is 0.676. The summed E-state index contributed by atoms with van der Waals surface area (Å²) in [6, 6.07) is 5.78. The minimum absolute atomic E-state index is 0.252. The number of carbonyl (C=O) groups is 1. The molecule has 0 unspecified atom stereocenters. The smallest absolute Gasteiger partial charge is 0.358 e. The molecule has 6 heteroatoms. The number of carbonyl (C=O) groups excluding carboxylic acids is 1. The third-order valence-electron chi connectivity index (χ3n) is 3.34. The van der Waals surface area contributed by atoms with Crippen molar-refractivity contribution >= 4 is 28.3 Å². The monoisotopic (exact) mass is 327 g/mol. The maximum absolute atomic E-state index is 12.2. The number of benzene rings is 1. The van der Waals surface area contributed by atoms with Gasteiger partial charge in [0.1, 0.15) is 0 Å². The minimum atomic E-state index is -0.384. The molecule has 0 aliphatic heterocycles. The molecule has 3 rings (SSSR count). The Bertz CT molecular complexity index is 858. The average Bonchev–Trinajstić information content (AvgIpc) is 3.00. The van der Waals surface area contributed by atoms with Crippen molar-refractivity contribution in [2.75, 3.05) is 6.61 Å². The lowest BCUT2D eigenvalue weighted by Gasteiger charge is -2.03. The molecule has 0 amide bonds. The molecule has 118 valence electrons. The van der Waals surface area contributed by atoms with E-state index in [1.165, 1.54) is 11.3 Å². The summed E-state index contributed by atoms with van der Waals surface area (Å²) in [6.07, 6.45) is 3.32. The van der Waals surface area contributed by atoms with Crippen LogP contribution in [0.3, 0.4) is 0 Å². The third-order valence-corrected chi connectivity index (χ3v) is 4.74. The Morgan fingerprint density at radius 2 is 1.96 bits per heavy atom. The number of rotatable bonds is 4. The Balaban J connectivity index is 2.13. The summed E-state index contributed by atoms with van der Waals surface area (Å²) in [6.45, 7) is 6.24. The van der Waals surface area contributed by atoms with Crippen LogP contribution >= 0.6 is 11.3 Å². The Morgan fingerprint density at radius 3 is 2.65 bits per heavy atom. The van der Waals surface area contributed by atoms with Crippen molar-refractivity contribution in [1.29, 1.82) is 0 Å². The molecule has 0 N–H and O–H groups in total. The minimum Gasteiger partial charge on any atom is -0.461 e. The third kappa shape index (κ3) is 3.07. The molecule has 3 aromatic rings. The van der Waals surface area contributed by atoms with Crippen molar-refractivity contribution in [3.63, 3.8) is 0 Å². The summed E-state index contributed by atoms with van der Waals surface area (Å²) < 4.78 is 5.15. The van der Waals surface area contributed by atoms with E-state index >= 15 is 0 Å². The maximum Gasteiger partial charge on any atom is 0.358 e. The molecule has 0 bridgehead atoms. The van der Waals surface area contributed by atoms with Gasteiger partial charge < -0.3 is 4.74 Å². The topological polar surface area (TPSA) is 65.0 Å². The molecule has 23 heavy (non-hydrogen) atoms. The zero-order chi connectivity index (χ0) is 16.4. The van der Waals surface area contributed by atoms with Gasteiger partial charge in [-0.1, -0.05) is 19.9 Å². The average molecular weight is 327 g/mol. The van der Waals surface area contributed by atoms with Crippen LogP contribution in [0.5, 0.6) is 0 Å². The number of nitrogens with zero attached hydrogens (tertiary/aromatic N) is 3. The number of hydrogen-bond acceptors (Lipinski definition) is 6. The molecule has 2 aromatic heterocycles. The van der Waals surface area contributed by atoms with Gasteiger partial charge in [-0.05, 0) is 24.6 Å². The first-order valence-corrected chi connectivity index (χ1v) is 8.30. The second-order valence-electron chi connectivity index (χ2n) is 5.36. The summed E-state index contributed by atoms with van der Waals surface area (Å²) in [5, 5.41) is 0.919. The zero-order valence-corrected chi connectivity index (χ0v) is 14.1. The van der Waals surface area contributed by atoms with Crippen molar-refractivity contribution in [1.82, 2.24) is 15.0 Å². The highest BCUT2D eigenvalue weighted by Gasteiger charge is 2.22. The molecule has 0 spiro atoms. The second-order valence-corrected chi connectivity index (χ2v) is 6.40. The summed E-state index contributed by atoms with van der Waals surface area (Å²) in [5.74, 6) is -0.132. The van der Waals surface area contributed by atoms with E-state index in [4.69, 9.17) is 4.74 Å². The Hall–Kier alpha value is -2.34. The van der Waals surface area contributed by atoms with Gasteiger partial charge in [-0.15, -0.1) is 11.3 Å². The normalized spacial score (nSPS) is 11.1. The Kier molecular flexibility index (Phi) is 4.34. The van der Waals surface area contributed by atoms with E-state index in [9.17, 15) is 4.79 Å². The summed E-state index contributed by atoms with van der Waals surface area (Å²) >= 11 is 1.52. The van der Waals surface area contributed by atoms with Crippen molar-refractivity contribution in [2.24, 2.45) is 0 Å². The molecule has 0 radical (unpaired) electrons. The number of hydrogen-bond donors (Lipinski definition) is 0. The number of aromatic nitrogens is 3. The van der Waals surface area contributed by atoms with Crippen LogP contribution in [-0.2, 0) is 4.74 Å². The lowest BCUT2D eigenvalue weighted by atomic mass is 10.1. The van der Waals surface area contributed by atoms with Crippen LogP contribution in [-0.4, -0.2) is 27.5 Å². The highest BCUT2D eigenvalue weighted by atomic mass is 32.1. The van der Waals surface area contributed by atoms with Gasteiger partial charge in [0.05, 0.1) is 27.5 Å². The van der Waals surface area contributed by atoms with Gasteiger partial charge in [-0.3, -0.25) is 9.97 Å². The van der Waals surface area contributed by atoms with Crippen LogP contribution in [0.1, 0.15) is 42.2 Å². The molecular formula is C17H17N3O2S. The highest BCUT2D eigenvalue weighted by Crippen LogP contribution is 2.35. The lowest BCUT2D eigenvalue weighted by molar-refractivity contribution is 0.0521. The molecule has 5 nitrogen and oxygen atoms in total. The van der Waals surface area contributed by atoms with Crippen molar-refractivity contribution in [3.8, 4) is 10.4 Å². The number of thiazole rings is 1.